The number of anilines is 3. The highest BCUT2D eigenvalue weighted by molar-refractivity contribution is 14.1. The second-order valence-corrected chi connectivity index (χ2v) is 7.59. The first-order valence-electron chi connectivity index (χ1n) is 8.78. The predicted molar refractivity (Wildman–Crippen MR) is 123 cm³/mol. The van der Waals surface area contributed by atoms with Crippen LogP contribution in [-0.4, -0.2) is 26.5 Å². The molecule has 0 amide bonds. The zero-order valence-electron chi connectivity index (χ0n) is 15.7. The summed E-state index contributed by atoms with van der Waals surface area (Å²) < 4.78 is 2.98. The number of nitrogens with zero attached hydrogens (tertiary/aromatic N) is 4. The van der Waals surface area contributed by atoms with E-state index in [0.29, 0.717) is 17.3 Å². The van der Waals surface area contributed by atoms with Crippen LogP contribution in [0.5, 0.6) is 0 Å². The summed E-state index contributed by atoms with van der Waals surface area (Å²) in [5, 5.41) is 18.3. The molecule has 0 atom stereocenters. The zero-order valence-corrected chi connectivity index (χ0v) is 17.8. The van der Waals surface area contributed by atoms with Crippen LogP contribution in [0.25, 0.3) is 22.2 Å². The van der Waals surface area contributed by atoms with Crippen molar-refractivity contribution in [2.75, 3.05) is 17.7 Å². The molecular weight excluding hydrogens is 483 g/mol. The number of nitro benzene ring substituents is 1. The number of hydrogen-bond acceptors (Lipinski definition) is 6. The van der Waals surface area contributed by atoms with Gasteiger partial charge in [-0.1, -0.05) is 18.2 Å². The number of nitrogens with one attached hydrogen (secondary N) is 2. The maximum atomic E-state index is 11.3. The van der Waals surface area contributed by atoms with Crippen LogP contribution in [0.1, 0.15) is 0 Å². The standard InChI is InChI=1S/C20H17IN6O2/c1-22-16-8-7-12(9-18(16)27(28)29)24-20-23-10-15(21)19(25-20)14-11-26(2)17-6-4-3-5-13(14)17/h3-11,22H,1-2H3,(H,23,24,25). The number of benzene rings is 2. The lowest BCUT2D eigenvalue weighted by Crippen LogP contribution is -2.02. The third-order valence-electron chi connectivity index (χ3n) is 4.62. The van der Waals surface area contributed by atoms with Crippen LogP contribution >= 0.6 is 22.6 Å². The van der Waals surface area contributed by atoms with Gasteiger partial charge in [-0.15, -0.1) is 0 Å². The van der Waals surface area contributed by atoms with Crippen LogP contribution in [0.2, 0.25) is 0 Å². The summed E-state index contributed by atoms with van der Waals surface area (Å²) in [4.78, 5) is 19.9. The third-order valence-corrected chi connectivity index (χ3v) is 5.41. The number of hydrogen-bond donors (Lipinski definition) is 2. The van der Waals surface area contributed by atoms with E-state index in [4.69, 9.17) is 0 Å². The Balaban J connectivity index is 1.75. The highest BCUT2D eigenvalue weighted by atomic mass is 127. The Labute approximate surface area is 180 Å². The smallest absolute Gasteiger partial charge is 0.294 e. The van der Waals surface area contributed by atoms with Gasteiger partial charge >= 0.3 is 0 Å². The summed E-state index contributed by atoms with van der Waals surface area (Å²) in [6, 6.07) is 13.0. The van der Waals surface area contributed by atoms with Gasteiger partial charge in [0.05, 0.1) is 14.2 Å². The fraction of sp³-hybridized carbons (Fsp3) is 0.100. The topological polar surface area (TPSA) is 97.9 Å². The van der Waals surface area contributed by atoms with Crippen LogP contribution in [0.4, 0.5) is 23.0 Å². The monoisotopic (exact) mass is 500 g/mol. The van der Waals surface area contributed by atoms with Crippen molar-refractivity contribution < 1.29 is 4.92 Å². The van der Waals surface area contributed by atoms with Gasteiger partial charge in [0.2, 0.25) is 5.95 Å². The molecule has 0 bridgehead atoms. The van der Waals surface area contributed by atoms with Gasteiger partial charge in [-0.05, 0) is 40.8 Å². The fourth-order valence-electron chi connectivity index (χ4n) is 3.25. The molecule has 0 saturated carbocycles. The van der Waals surface area contributed by atoms with E-state index >= 15 is 0 Å². The minimum atomic E-state index is -0.423. The average molecular weight is 500 g/mol. The first kappa shape index (κ1) is 19.1. The molecule has 2 aromatic heterocycles. The number of rotatable bonds is 5. The first-order valence-corrected chi connectivity index (χ1v) is 9.86. The molecule has 0 radical (unpaired) electrons. The number of aryl methyl sites for hydroxylation is 1. The van der Waals surface area contributed by atoms with E-state index in [1.54, 1.807) is 25.4 Å². The summed E-state index contributed by atoms with van der Waals surface area (Å²) in [7, 11) is 3.65. The fourth-order valence-corrected chi connectivity index (χ4v) is 3.80. The van der Waals surface area contributed by atoms with Crippen LogP contribution in [0.3, 0.4) is 0 Å². The molecule has 0 fully saturated rings. The van der Waals surface area contributed by atoms with E-state index in [2.05, 4.69) is 59.9 Å². The molecule has 9 heteroatoms. The van der Waals surface area contributed by atoms with Crippen LogP contribution in [0, 0.1) is 13.7 Å². The lowest BCUT2D eigenvalue weighted by Gasteiger charge is -2.09. The molecule has 0 spiro atoms. The van der Waals surface area contributed by atoms with Crippen LogP contribution in [-0.2, 0) is 7.05 Å². The minimum Gasteiger partial charge on any atom is -0.383 e. The van der Waals surface area contributed by atoms with Gasteiger partial charge in [-0.2, -0.15) is 0 Å². The molecule has 0 saturated heterocycles. The Bertz CT molecular complexity index is 1240. The first-order chi connectivity index (χ1) is 14.0. The van der Waals surface area contributed by atoms with Gasteiger partial charge in [-0.25, -0.2) is 9.97 Å². The van der Waals surface area contributed by atoms with Gasteiger partial charge < -0.3 is 15.2 Å². The van der Waals surface area contributed by atoms with Crippen molar-refractivity contribution in [3.05, 3.63) is 68.5 Å². The zero-order chi connectivity index (χ0) is 20.5. The average Bonchev–Trinajstić information content (AvgIpc) is 3.06. The second-order valence-electron chi connectivity index (χ2n) is 6.43. The number of para-hydroxylation sites is 1. The van der Waals surface area contributed by atoms with Crippen molar-refractivity contribution in [1.82, 2.24) is 14.5 Å². The summed E-state index contributed by atoms with van der Waals surface area (Å²) in [6.07, 6.45) is 3.79. The van der Waals surface area contributed by atoms with Crippen LogP contribution < -0.4 is 10.6 Å². The largest absolute Gasteiger partial charge is 0.383 e. The number of halogens is 1. The normalized spacial score (nSPS) is 10.9. The summed E-state index contributed by atoms with van der Waals surface area (Å²) in [6.45, 7) is 0. The number of fused-ring (bicyclic) bond motifs is 1. The Hall–Kier alpha value is -3.21. The van der Waals surface area contributed by atoms with Gasteiger partial charge in [0.1, 0.15) is 5.69 Å². The highest BCUT2D eigenvalue weighted by Gasteiger charge is 2.16. The quantitative estimate of drug-likeness (QED) is 0.229. The maximum absolute atomic E-state index is 11.3. The Morgan fingerprint density at radius 3 is 2.76 bits per heavy atom. The number of aromatic nitrogens is 3. The molecule has 29 heavy (non-hydrogen) atoms. The summed E-state index contributed by atoms with van der Waals surface area (Å²) in [5.74, 6) is 0.375. The Morgan fingerprint density at radius 1 is 1.21 bits per heavy atom. The minimum absolute atomic E-state index is 0.0164. The number of nitro groups is 1. The molecule has 0 aliphatic heterocycles. The lowest BCUT2D eigenvalue weighted by molar-refractivity contribution is -0.383. The van der Waals surface area contributed by atoms with E-state index in [-0.39, 0.29) is 5.69 Å². The van der Waals surface area contributed by atoms with Gasteiger partial charge in [0.15, 0.2) is 0 Å². The van der Waals surface area contributed by atoms with Gasteiger partial charge in [-0.3, -0.25) is 10.1 Å². The van der Waals surface area contributed by atoms with Gasteiger partial charge in [0, 0.05) is 54.7 Å². The molecule has 2 aromatic carbocycles. The summed E-state index contributed by atoms with van der Waals surface area (Å²) >= 11 is 2.22. The molecule has 0 aliphatic carbocycles. The summed E-state index contributed by atoms with van der Waals surface area (Å²) in [5.41, 5.74) is 3.90. The molecule has 2 N–H and O–H groups in total. The van der Waals surface area contributed by atoms with Crippen molar-refractivity contribution in [1.29, 1.82) is 0 Å². The molecular formula is C20H17IN6O2. The molecule has 8 nitrogen and oxygen atoms in total. The molecule has 2 heterocycles. The highest BCUT2D eigenvalue weighted by Crippen LogP contribution is 2.33. The molecule has 0 unspecified atom stereocenters. The van der Waals surface area contributed by atoms with Crippen molar-refractivity contribution in [2.24, 2.45) is 7.05 Å². The third kappa shape index (κ3) is 3.60. The Kier molecular flexibility index (Phi) is 5.05. The van der Waals surface area contributed by atoms with E-state index in [1.165, 1.54) is 6.07 Å². The molecule has 146 valence electrons. The second kappa shape index (κ2) is 7.66. The van der Waals surface area contributed by atoms with E-state index in [0.717, 1.165) is 25.7 Å². The Morgan fingerprint density at radius 2 is 2.00 bits per heavy atom. The molecule has 0 aliphatic rings. The maximum Gasteiger partial charge on any atom is 0.294 e. The van der Waals surface area contributed by atoms with E-state index < -0.39 is 4.92 Å². The van der Waals surface area contributed by atoms with Crippen LogP contribution in [0.15, 0.2) is 54.9 Å². The van der Waals surface area contributed by atoms with E-state index in [9.17, 15) is 10.1 Å². The van der Waals surface area contributed by atoms with Crippen molar-refractivity contribution in [3.63, 3.8) is 0 Å². The van der Waals surface area contributed by atoms with E-state index in [1.807, 2.05) is 25.4 Å². The van der Waals surface area contributed by atoms with Crippen molar-refractivity contribution in [2.45, 2.75) is 0 Å². The molecule has 4 aromatic rings. The predicted octanol–water partition coefficient (Wildman–Crippen LogP) is 4.93. The van der Waals surface area contributed by atoms with Crippen molar-refractivity contribution >= 4 is 56.5 Å². The molecule has 4 rings (SSSR count). The van der Waals surface area contributed by atoms with Gasteiger partial charge in [0.25, 0.3) is 5.69 Å². The SMILES string of the molecule is CNc1ccc(Nc2ncc(I)c(-c3cn(C)c4ccccc34)n2)cc1[N+](=O)[O-]. The lowest BCUT2D eigenvalue weighted by atomic mass is 10.1. The van der Waals surface area contributed by atoms with Crippen molar-refractivity contribution in [3.8, 4) is 11.3 Å².